The molecule has 26 heavy (non-hydrogen) atoms. The Morgan fingerprint density at radius 3 is 2.69 bits per heavy atom. The SMILES string of the molecule is O=C(NCc1cnn(Cc2ccccc2)c1)[C@@H]1COc2ccccc2O1. The number of carbonyl (C=O) groups is 1. The van der Waals surface area contributed by atoms with Crippen LogP contribution in [0.4, 0.5) is 0 Å². The molecule has 0 bridgehead atoms. The Kier molecular flexibility index (Phi) is 4.55. The maximum absolute atomic E-state index is 12.3. The fourth-order valence-electron chi connectivity index (χ4n) is 2.81. The first-order chi connectivity index (χ1) is 12.8. The van der Waals surface area contributed by atoms with Gasteiger partial charge in [0, 0.05) is 18.3 Å². The monoisotopic (exact) mass is 349 g/mol. The van der Waals surface area contributed by atoms with Crippen LogP contribution in [0.3, 0.4) is 0 Å². The van der Waals surface area contributed by atoms with Crippen molar-refractivity contribution in [3.05, 3.63) is 78.1 Å². The van der Waals surface area contributed by atoms with Gasteiger partial charge in [0.1, 0.15) is 6.61 Å². The van der Waals surface area contributed by atoms with E-state index in [2.05, 4.69) is 22.5 Å². The van der Waals surface area contributed by atoms with Crippen LogP contribution in [0.1, 0.15) is 11.1 Å². The molecule has 6 nitrogen and oxygen atoms in total. The number of benzene rings is 2. The van der Waals surface area contributed by atoms with Crippen LogP contribution in [-0.2, 0) is 17.9 Å². The minimum atomic E-state index is -0.649. The summed E-state index contributed by atoms with van der Waals surface area (Å²) in [7, 11) is 0. The Hall–Kier alpha value is -3.28. The van der Waals surface area contributed by atoms with Gasteiger partial charge in [0.25, 0.3) is 5.91 Å². The highest BCUT2D eigenvalue weighted by Gasteiger charge is 2.26. The second-order valence-electron chi connectivity index (χ2n) is 6.11. The zero-order valence-electron chi connectivity index (χ0n) is 14.2. The standard InChI is InChI=1S/C20H19N3O3/c24-20(19-14-25-17-8-4-5-9-18(17)26-19)21-10-16-11-22-23(13-16)12-15-6-2-1-3-7-15/h1-9,11,13,19H,10,12,14H2,(H,21,24)/t19-/m0/s1. The number of amides is 1. The Balaban J connectivity index is 1.31. The van der Waals surface area contributed by atoms with Crippen molar-refractivity contribution in [2.75, 3.05) is 6.61 Å². The number of hydrogen-bond acceptors (Lipinski definition) is 4. The van der Waals surface area contributed by atoms with Gasteiger partial charge in [0.05, 0.1) is 12.7 Å². The molecular formula is C20H19N3O3. The van der Waals surface area contributed by atoms with E-state index in [0.29, 0.717) is 24.6 Å². The second kappa shape index (κ2) is 7.31. The molecule has 0 spiro atoms. The van der Waals surface area contributed by atoms with E-state index in [4.69, 9.17) is 9.47 Å². The third-order valence-corrected chi connectivity index (χ3v) is 4.14. The van der Waals surface area contributed by atoms with Crippen molar-refractivity contribution in [1.82, 2.24) is 15.1 Å². The topological polar surface area (TPSA) is 65.4 Å². The summed E-state index contributed by atoms with van der Waals surface area (Å²) in [6, 6.07) is 17.5. The van der Waals surface area contributed by atoms with Crippen molar-refractivity contribution in [2.24, 2.45) is 0 Å². The van der Waals surface area contributed by atoms with Gasteiger partial charge in [-0.1, -0.05) is 42.5 Å². The highest BCUT2D eigenvalue weighted by atomic mass is 16.6. The van der Waals surface area contributed by atoms with Crippen LogP contribution in [0.2, 0.25) is 0 Å². The summed E-state index contributed by atoms with van der Waals surface area (Å²) in [4.78, 5) is 12.3. The predicted molar refractivity (Wildman–Crippen MR) is 96.0 cm³/mol. The van der Waals surface area contributed by atoms with E-state index in [1.807, 2.05) is 47.3 Å². The number of aromatic nitrogens is 2. The highest BCUT2D eigenvalue weighted by molar-refractivity contribution is 5.81. The summed E-state index contributed by atoms with van der Waals surface area (Å²) in [5.41, 5.74) is 2.11. The van der Waals surface area contributed by atoms with Gasteiger partial charge in [-0.2, -0.15) is 5.10 Å². The quantitative estimate of drug-likeness (QED) is 0.768. The lowest BCUT2D eigenvalue weighted by atomic mass is 10.2. The van der Waals surface area contributed by atoms with Crippen LogP contribution >= 0.6 is 0 Å². The van der Waals surface area contributed by atoms with Crippen LogP contribution in [0.25, 0.3) is 0 Å². The van der Waals surface area contributed by atoms with E-state index in [1.165, 1.54) is 5.56 Å². The molecule has 1 N–H and O–H groups in total. The van der Waals surface area contributed by atoms with Crippen LogP contribution in [-0.4, -0.2) is 28.4 Å². The Labute approximate surface area is 151 Å². The molecule has 0 saturated carbocycles. The average molecular weight is 349 g/mol. The molecule has 2 aromatic carbocycles. The first kappa shape index (κ1) is 16.2. The molecule has 3 aromatic rings. The van der Waals surface area contributed by atoms with E-state index in [-0.39, 0.29) is 12.5 Å². The van der Waals surface area contributed by atoms with Crippen molar-refractivity contribution in [2.45, 2.75) is 19.2 Å². The van der Waals surface area contributed by atoms with Crippen molar-refractivity contribution in [3.8, 4) is 11.5 Å². The molecule has 2 heterocycles. The summed E-state index contributed by atoms with van der Waals surface area (Å²) in [5, 5.41) is 7.22. The van der Waals surface area contributed by atoms with Gasteiger partial charge in [-0.25, -0.2) is 0 Å². The first-order valence-corrected chi connectivity index (χ1v) is 8.49. The molecule has 1 aliphatic rings. The van der Waals surface area contributed by atoms with Gasteiger partial charge in [-0.15, -0.1) is 0 Å². The van der Waals surface area contributed by atoms with Gasteiger partial charge in [0.15, 0.2) is 11.5 Å². The molecule has 6 heteroatoms. The van der Waals surface area contributed by atoms with Gasteiger partial charge < -0.3 is 14.8 Å². The van der Waals surface area contributed by atoms with E-state index in [9.17, 15) is 4.79 Å². The summed E-state index contributed by atoms with van der Waals surface area (Å²) < 4.78 is 13.1. The van der Waals surface area contributed by atoms with Crippen molar-refractivity contribution >= 4 is 5.91 Å². The zero-order valence-corrected chi connectivity index (χ0v) is 14.2. The summed E-state index contributed by atoms with van der Waals surface area (Å²) in [6.07, 6.45) is 3.04. The fourth-order valence-corrected chi connectivity index (χ4v) is 2.81. The lowest BCUT2D eigenvalue weighted by Crippen LogP contribution is -2.43. The van der Waals surface area contributed by atoms with E-state index in [1.54, 1.807) is 12.3 Å². The molecule has 132 valence electrons. The number of nitrogens with zero attached hydrogens (tertiary/aromatic N) is 2. The van der Waals surface area contributed by atoms with Gasteiger partial charge >= 0.3 is 0 Å². The van der Waals surface area contributed by atoms with Crippen LogP contribution < -0.4 is 14.8 Å². The number of fused-ring (bicyclic) bond motifs is 1. The second-order valence-corrected chi connectivity index (χ2v) is 6.11. The largest absolute Gasteiger partial charge is 0.485 e. The number of carbonyl (C=O) groups excluding carboxylic acids is 1. The summed E-state index contributed by atoms with van der Waals surface area (Å²) >= 11 is 0. The number of rotatable bonds is 5. The van der Waals surface area contributed by atoms with Crippen molar-refractivity contribution < 1.29 is 14.3 Å². The predicted octanol–water partition coefficient (Wildman–Crippen LogP) is 2.39. The lowest BCUT2D eigenvalue weighted by molar-refractivity contribution is -0.130. The lowest BCUT2D eigenvalue weighted by Gasteiger charge is -2.25. The van der Waals surface area contributed by atoms with Gasteiger partial charge in [-0.3, -0.25) is 9.48 Å². The Morgan fingerprint density at radius 1 is 1.08 bits per heavy atom. The first-order valence-electron chi connectivity index (χ1n) is 8.49. The minimum Gasteiger partial charge on any atom is -0.485 e. The third-order valence-electron chi connectivity index (χ3n) is 4.14. The zero-order chi connectivity index (χ0) is 17.8. The number of nitrogens with one attached hydrogen (secondary N) is 1. The summed E-state index contributed by atoms with van der Waals surface area (Å²) in [5.74, 6) is 1.06. The Bertz CT molecular complexity index is 892. The Morgan fingerprint density at radius 2 is 1.85 bits per heavy atom. The van der Waals surface area contributed by atoms with Gasteiger partial charge in [0.2, 0.25) is 6.10 Å². The van der Waals surface area contributed by atoms with E-state index < -0.39 is 6.10 Å². The highest BCUT2D eigenvalue weighted by Crippen LogP contribution is 2.30. The van der Waals surface area contributed by atoms with Crippen LogP contribution in [0, 0.1) is 0 Å². The normalized spacial score (nSPS) is 15.5. The summed E-state index contributed by atoms with van der Waals surface area (Å²) in [6.45, 7) is 1.30. The molecule has 1 aromatic heterocycles. The van der Waals surface area contributed by atoms with E-state index >= 15 is 0 Å². The molecule has 0 aliphatic carbocycles. The van der Waals surface area contributed by atoms with Crippen molar-refractivity contribution in [1.29, 1.82) is 0 Å². The third kappa shape index (κ3) is 3.69. The molecule has 1 atom stereocenters. The van der Waals surface area contributed by atoms with Crippen molar-refractivity contribution in [3.63, 3.8) is 0 Å². The molecule has 1 amide bonds. The number of hydrogen-bond donors (Lipinski definition) is 1. The average Bonchev–Trinajstić information content (AvgIpc) is 3.14. The number of ether oxygens (including phenoxy) is 2. The molecular weight excluding hydrogens is 330 g/mol. The number of para-hydroxylation sites is 2. The van der Waals surface area contributed by atoms with Crippen LogP contribution in [0.15, 0.2) is 67.0 Å². The van der Waals surface area contributed by atoms with Gasteiger partial charge in [-0.05, 0) is 17.7 Å². The molecule has 0 fully saturated rings. The molecule has 0 radical (unpaired) electrons. The van der Waals surface area contributed by atoms with E-state index in [0.717, 1.165) is 5.56 Å². The van der Waals surface area contributed by atoms with Crippen LogP contribution in [0.5, 0.6) is 11.5 Å². The molecule has 0 unspecified atom stereocenters. The fraction of sp³-hybridized carbons (Fsp3) is 0.200. The smallest absolute Gasteiger partial charge is 0.264 e. The maximum Gasteiger partial charge on any atom is 0.264 e. The molecule has 4 rings (SSSR count). The molecule has 0 saturated heterocycles. The minimum absolute atomic E-state index is 0.199. The molecule has 1 aliphatic heterocycles. The maximum atomic E-state index is 12.3.